The summed E-state index contributed by atoms with van der Waals surface area (Å²) in [4.78, 5) is 4.15. The SMILES string of the molecule is CCCCCCCSC(C=Cc1ccc(Cl)cc1)Cn1ccnc1. The van der Waals surface area contributed by atoms with Gasteiger partial charge >= 0.3 is 0 Å². The van der Waals surface area contributed by atoms with E-state index in [1.807, 2.05) is 42.6 Å². The lowest BCUT2D eigenvalue weighted by Gasteiger charge is -2.13. The summed E-state index contributed by atoms with van der Waals surface area (Å²) < 4.78 is 2.15. The fourth-order valence-electron chi connectivity index (χ4n) is 2.50. The van der Waals surface area contributed by atoms with Crippen LogP contribution in [0.5, 0.6) is 0 Å². The van der Waals surface area contributed by atoms with Gasteiger partial charge in [0, 0.05) is 29.2 Å². The maximum absolute atomic E-state index is 5.95. The molecule has 2 aromatic rings. The van der Waals surface area contributed by atoms with Gasteiger partial charge in [-0.1, -0.05) is 68.5 Å². The number of hydrogen-bond donors (Lipinski definition) is 0. The van der Waals surface area contributed by atoms with Crippen molar-refractivity contribution >= 4 is 29.4 Å². The van der Waals surface area contributed by atoms with Crippen molar-refractivity contribution < 1.29 is 0 Å². The monoisotopic (exact) mass is 362 g/mol. The molecular formula is C20H27ClN2S. The molecule has 0 saturated heterocycles. The van der Waals surface area contributed by atoms with E-state index in [-0.39, 0.29) is 0 Å². The van der Waals surface area contributed by atoms with Crippen LogP contribution in [0.25, 0.3) is 6.08 Å². The third-order valence-corrected chi connectivity index (χ3v) is 5.41. The van der Waals surface area contributed by atoms with E-state index in [0.29, 0.717) is 5.25 Å². The Morgan fingerprint density at radius 1 is 1.17 bits per heavy atom. The van der Waals surface area contributed by atoms with Crippen LogP contribution in [0.3, 0.4) is 0 Å². The van der Waals surface area contributed by atoms with Gasteiger partial charge in [0.2, 0.25) is 0 Å². The highest BCUT2D eigenvalue weighted by atomic mass is 35.5. The quantitative estimate of drug-likeness (QED) is 0.435. The average molecular weight is 363 g/mol. The van der Waals surface area contributed by atoms with Gasteiger partial charge in [-0.3, -0.25) is 0 Å². The smallest absolute Gasteiger partial charge is 0.0946 e. The Morgan fingerprint density at radius 3 is 2.67 bits per heavy atom. The van der Waals surface area contributed by atoms with Crippen LogP contribution in [-0.4, -0.2) is 20.6 Å². The van der Waals surface area contributed by atoms with E-state index < -0.39 is 0 Å². The topological polar surface area (TPSA) is 17.8 Å². The molecule has 0 bridgehead atoms. The molecule has 24 heavy (non-hydrogen) atoms. The summed E-state index contributed by atoms with van der Waals surface area (Å²) in [6, 6.07) is 7.99. The number of rotatable bonds is 11. The molecule has 130 valence electrons. The Hall–Kier alpha value is -1.19. The fourth-order valence-corrected chi connectivity index (χ4v) is 3.77. The molecule has 0 aliphatic rings. The number of imidazole rings is 1. The largest absolute Gasteiger partial charge is 0.336 e. The van der Waals surface area contributed by atoms with E-state index in [2.05, 4.69) is 40.8 Å². The minimum Gasteiger partial charge on any atom is -0.336 e. The maximum Gasteiger partial charge on any atom is 0.0946 e. The molecular weight excluding hydrogens is 336 g/mol. The first-order valence-electron chi connectivity index (χ1n) is 8.79. The first-order chi connectivity index (χ1) is 11.8. The Balaban J connectivity index is 1.86. The van der Waals surface area contributed by atoms with E-state index >= 15 is 0 Å². The third-order valence-electron chi connectivity index (χ3n) is 3.90. The van der Waals surface area contributed by atoms with Crippen LogP contribution in [0.4, 0.5) is 0 Å². The van der Waals surface area contributed by atoms with E-state index in [9.17, 15) is 0 Å². The fraction of sp³-hybridized carbons (Fsp3) is 0.450. The predicted octanol–water partition coefficient (Wildman–Crippen LogP) is 6.32. The van der Waals surface area contributed by atoms with Gasteiger partial charge in [0.1, 0.15) is 0 Å². The molecule has 0 saturated carbocycles. The summed E-state index contributed by atoms with van der Waals surface area (Å²) in [5, 5.41) is 1.24. The van der Waals surface area contributed by atoms with Crippen LogP contribution >= 0.6 is 23.4 Å². The number of halogens is 1. The summed E-state index contributed by atoms with van der Waals surface area (Å²) in [6.45, 7) is 3.22. The Labute approximate surface area is 155 Å². The molecule has 0 spiro atoms. The molecule has 1 aromatic heterocycles. The van der Waals surface area contributed by atoms with Crippen molar-refractivity contribution in [2.45, 2.75) is 50.8 Å². The second-order valence-corrected chi connectivity index (χ2v) is 7.78. The predicted molar refractivity (Wildman–Crippen MR) is 108 cm³/mol. The number of benzene rings is 1. The van der Waals surface area contributed by atoms with Crippen LogP contribution in [0, 0.1) is 0 Å². The van der Waals surface area contributed by atoms with Gasteiger partial charge in [0.15, 0.2) is 0 Å². The lowest BCUT2D eigenvalue weighted by Crippen LogP contribution is -2.10. The summed E-state index contributed by atoms with van der Waals surface area (Å²) in [6.07, 6.45) is 17.0. The van der Waals surface area contributed by atoms with Crippen LogP contribution in [0.1, 0.15) is 44.6 Å². The molecule has 2 rings (SSSR count). The molecule has 0 N–H and O–H groups in total. The number of hydrogen-bond acceptors (Lipinski definition) is 2. The van der Waals surface area contributed by atoms with E-state index in [4.69, 9.17) is 11.6 Å². The standard InChI is InChI=1S/C20H27ClN2S/c1-2-3-4-5-6-15-24-20(16-23-14-13-22-17-23)12-9-18-7-10-19(21)11-8-18/h7-14,17,20H,2-6,15-16H2,1H3. The number of thioether (sulfide) groups is 1. The zero-order valence-electron chi connectivity index (χ0n) is 14.4. The van der Waals surface area contributed by atoms with E-state index in [1.165, 1.54) is 43.4 Å². The highest BCUT2D eigenvalue weighted by Gasteiger charge is 2.06. The molecule has 1 heterocycles. The molecule has 0 aliphatic carbocycles. The van der Waals surface area contributed by atoms with Gasteiger partial charge in [-0.05, 0) is 29.9 Å². The number of aromatic nitrogens is 2. The summed E-state index contributed by atoms with van der Waals surface area (Å²) in [5.74, 6) is 1.22. The molecule has 0 aliphatic heterocycles. The Kier molecular flexibility index (Phi) is 9.07. The highest BCUT2D eigenvalue weighted by molar-refractivity contribution is 8.00. The Bertz CT molecular complexity index is 578. The lowest BCUT2D eigenvalue weighted by atomic mass is 10.2. The van der Waals surface area contributed by atoms with Gasteiger partial charge in [0.05, 0.1) is 6.33 Å². The van der Waals surface area contributed by atoms with Crippen LogP contribution in [0.2, 0.25) is 5.02 Å². The Morgan fingerprint density at radius 2 is 1.96 bits per heavy atom. The normalized spacial score (nSPS) is 12.8. The van der Waals surface area contributed by atoms with Crippen LogP contribution < -0.4 is 0 Å². The molecule has 0 amide bonds. The number of unbranched alkanes of at least 4 members (excludes halogenated alkanes) is 4. The third kappa shape index (κ3) is 7.59. The summed E-state index contributed by atoms with van der Waals surface area (Å²) in [5.41, 5.74) is 1.19. The van der Waals surface area contributed by atoms with Crippen LogP contribution in [0.15, 0.2) is 49.1 Å². The van der Waals surface area contributed by atoms with Gasteiger partial charge in [-0.15, -0.1) is 0 Å². The second kappa shape index (κ2) is 11.4. The van der Waals surface area contributed by atoms with E-state index in [0.717, 1.165) is 11.6 Å². The maximum atomic E-state index is 5.95. The minimum atomic E-state index is 0.459. The van der Waals surface area contributed by atoms with Crippen molar-refractivity contribution in [3.8, 4) is 0 Å². The average Bonchev–Trinajstić information content (AvgIpc) is 3.10. The molecule has 1 aromatic carbocycles. The van der Waals surface area contributed by atoms with Crippen molar-refractivity contribution in [2.24, 2.45) is 0 Å². The summed E-state index contributed by atoms with van der Waals surface area (Å²) in [7, 11) is 0. The van der Waals surface area contributed by atoms with Crippen molar-refractivity contribution in [1.82, 2.24) is 9.55 Å². The van der Waals surface area contributed by atoms with Crippen molar-refractivity contribution in [3.63, 3.8) is 0 Å². The van der Waals surface area contributed by atoms with Gasteiger partial charge in [-0.25, -0.2) is 4.98 Å². The van der Waals surface area contributed by atoms with Crippen molar-refractivity contribution in [1.29, 1.82) is 0 Å². The first-order valence-corrected chi connectivity index (χ1v) is 10.2. The molecule has 4 heteroatoms. The van der Waals surface area contributed by atoms with Gasteiger partial charge < -0.3 is 4.57 Å². The molecule has 0 radical (unpaired) electrons. The zero-order chi connectivity index (χ0) is 17.0. The second-order valence-electron chi connectivity index (χ2n) is 5.99. The van der Waals surface area contributed by atoms with Crippen molar-refractivity contribution in [3.05, 3.63) is 59.6 Å². The molecule has 0 fully saturated rings. The van der Waals surface area contributed by atoms with Gasteiger partial charge in [0.25, 0.3) is 0 Å². The minimum absolute atomic E-state index is 0.459. The van der Waals surface area contributed by atoms with E-state index in [1.54, 1.807) is 0 Å². The van der Waals surface area contributed by atoms with Crippen molar-refractivity contribution in [2.75, 3.05) is 5.75 Å². The molecule has 2 nitrogen and oxygen atoms in total. The first kappa shape index (κ1) is 19.1. The molecule has 1 atom stereocenters. The number of nitrogens with zero attached hydrogens (tertiary/aromatic N) is 2. The van der Waals surface area contributed by atoms with Gasteiger partial charge in [-0.2, -0.15) is 11.8 Å². The highest BCUT2D eigenvalue weighted by Crippen LogP contribution is 2.19. The summed E-state index contributed by atoms with van der Waals surface area (Å²) >= 11 is 7.99. The van der Waals surface area contributed by atoms with Crippen LogP contribution in [-0.2, 0) is 6.54 Å². The zero-order valence-corrected chi connectivity index (χ0v) is 16.0. The molecule has 1 unspecified atom stereocenters. The lowest BCUT2D eigenvalue weighted by molar-refractivity contribution is 0.658.